The summed E-state index contributed by atoms with van der Waals surface area (Å²) in [6, 6.07) is 8.78. The molecule has 0 aromatic heterocycles. The predicted octanol–water partition coefficient (Wildman–Crippen LogP) is 1.82. The van der Waals surface area contributed by atoms with Gasteiger partial charge in [0.1, 0.15) is 5.60 Å². The van der Waals surface area contributed by atoms with Crippen LogP contribution in [-0.4, -0.2) is 55.2 Å². The molecule has 1 aromatic carbocycles. The molecule has 7 heteroatoms. The van der Waals surface area contributed by atoms with Crippen LogP contribution in [0.2, 0.25) is 0 Å². The standard InChI is InChI=1S/C21H25NO6/c1-19(2)26-12-16(28-19)15-11-20(13-27-20)9-10-21(15,18(24)25-3)22-17(23)14-7-5-4-6-8-14/h4-10,15-16H,11-13H2,1-3H3,(H,22,23)/t15-,16-,20-,21-/m0/s1. The molecule has 1 amide bonds. The summed E-state index contributed by atoms with van der Waals surface area (Å²) in [5.74, 6) is -2.05. The summed E-state index contributed by atoms with van der Waals surface area (Å²) in [6.45, 7) is 4.57. The van der Waals surface area contributed by atoms with Crippen molar-refractivity contribution >= 4 is 11.9 Å². The number of nitrogens with one attached hydrogen (secondary N) is 1. The predicted molar refractivity (Wildman–Crippen MR) is 99.5 cm³/mol. The first-order valence-corrected chi connectivity index (χ1v) is 9.41. The fourth-order valence-corrected chi connectivity index (χ4v) is 4.08. The minimum Gasteiger partial charge on any atom is -0.467 e. The van der Waals surface area contributed by atoms with Gasteiger partial charge in [-0.1, -0.05) is 24.3 Å². The molecule has 4 rings (SSSR count). The number of amides is 1. The van der Waals surface area contributed by atoms with Gasteiger partial charge < -0.3 is 24.3 Å². The number of esters is 1. The first-order chi connectivity index (χ1) is 13.3. The van der Waals surface area contributed by atoms with E-state index in [1.165, 1.54) is 7.11 Å². The lowest BCUT2D eigenvalue weighted by atomic mass is 9.70. The first-order valence-electron chi connectivity index (χ1n) is 9.41. The van der Waals surface area contributed by atoms with Crippen molar-refractivity contribution in [1.29, 1.82) is 0 Å². The van der Waals surface area contributed by atoms with Crippen LogP contribution in [0.1, 0.15) is 30.6 Å². The topological polar surface area (TPSA) is 86.4 Å². The van der Waals surface area contributed by atoms with E-state index in [0.717, 1.165) is 0 Å². The fourth-order valence-electron chi connectivity index (χ4n) is 4.08. The van der Waals surface area contributed by atoms with E-state index in [-0.39, 0.29) is 5.91 Å². The second-order valence-corrected chi connectivity index (χ2v) is 8.05. The third-order valence-electron chi connectivity index (χ3n) is 5.67. The molecule has 0 unspecified atom stereocenters. The van der Waals surface area contributed by atoms with Gasteiger partial charge in [0.25, 0.3) is 5.91 Å². The van der Waals surface area contributed by atoms with Gasteiger partial charge in [0, 0.05) is 11.5 Å². The third-order valence-corrected chi connectivity index (χ3v) is 5.67. The molecular formula is C21H25NO6. The lowest BCUT2D eigenvalue weighted by Crippen LogP contribution is -2.64. The summed E-state index contributed by atoms with van der Waals surface area (Å²) < 4.78 is 22.6. The number of epoxide rings is 1. The summed E-state index contributed by atoms with van der Waals surface area (Å²) in [5, 5.41) is 2.93. The molecule has 0 bridgehead atoms. The van der Waals surface area contributed by atoms with E-state index in [1.807, 2.05) is 26.0 Å². The molecule has 2 fully saturated rings. The maximum Gasteiger partial charge on any atom is 0.336 e. The van der Waals surface area contributed by atoms with Gasteiger partial charge in [-0.15, -0.1) is 0 Å². The van der Waals surface area contributed by atoms with Crippen molar-refractivity contribution in [2.75, 3.05) is 20.3 Å². The maximum atomic E-state index is 13.0. The Labute approximate surface area is 164 Å². The maximum absolute atomic E-state index is 13.0. The molecule has 1 aliphatic carbocycles. The second kappa shape index (κ2) is 6.69. The normalized spacial score (nSPS) is 35.5. The van der Waals surface area contributed by atoms with Crippen LogP contribution in [0.5, 0.6) is 0 Å². The molecule has 1 spiro atoms. The van der Waals surface area contributed by atoms with Gasteiger partial charge in [-0.2, -0.15) is 0 Å². The summed E-state index contributed by atoms with van der Waals surface area (Å²) in [7, 11) is 1.32. The Balaban J connectivity index is 1.71. The van der Waals surface area contributed by atoms with Crippen LogP contribution < -0.4 is 5.32 Å². The highest BCUT2D eigenvalue weighted by atomic mass is 16.7. The fraction of sp³-hybridized carbons (Fsp3) is 0.524. The molecular weight excluding hydrogens is 362 g/mol. The molecule has 2 aliphatic heterocycles. The van der Waals surface area contributed by atoms with E-state index < -0.39 is 34.9 Å². The monoisotopic (exact) mass is 387 g/mol. The number of methoxy groups -OCH3 is 1. The van der Waals surface area contributed by atoms with Crippen molar-refractivity contribution in [2.45, 2.75) is 43.3 Å². The lowest BCUT2D eigenvalue weighted by molar-refractivity contribution is -0.161. The number of benzene rings is 1. The van der Waals surface area contributed by atoms with Crippen molar-refractivity contribution in [3.05, 3.63) is 48.0 Å². The van der Waals surface area contributed by atoms with Crippen LogP contribution in [0.3, 0.4) is 0 Å². The Morgan fingerprint density at radius 1 is 1.14 bits per heavy atom. The number of carbonyl (C=O) groups is 2. The molecule has 2 saturated heterocycles. The second-order valence-electron chi connectivity index (χ2n) is 8.05. The molecule has 7 nitrogen and oxygen atoms in total. The molecule has 2 heterocycles. The Morgan fingerprint density at radius 2 is 1.86 bits per heavy atom. The van der Waals surface area contributed by atoms with Gasteiger partial charge in [0.2, 0.25) is 0 Å². The van der Waals surface area contributed by atoms with Crippen LogP contribution in [0, 0.1) is 5.92 Å². The van der Waals surface area contributed by atoms with Gasteiger partial charge in [-0.25, -0.2) is 4.79 Å². The van der Waals surface area contributed by atoms with Crippen molar-refractivity contribution < 1.29 is 28.5 Å². The number of hydrogen-bond acceptors (Lipinski definition) is 6. The first kappa shape index (κ1) is 19.1. The zero-order valence-corrected chi connectivity index (χ0v) is 16.3. The molecule has 4 atom stereocenters. The molecule has 1 aromatic rings. The number of ether oxygens (including phenoxy) is 4. The highest BCUT2D eigenvalue weighted by Gasteiger charge is 2.60. The molecule has 3 aliphatic rings. The van der Waals surface area contributed by atoms with E-state index >= 15 is 0 Å². The van der Waals surface area contributed by atoms with E-state index in [9.17, 15) is 9.59 Å². The number of hydrogen-bond donors (Lipinski definition) is 1. The summed E-state index contributed by atoms with van der Waals surface area (Å²) in [6.07, 6.45) is 3.69. The van der Waals surface area contributed by atoms with Crippen molar-refractivity contribution in [1.82, 2.24) is 5.32 Å². The van der Waals surface area contributed by atoms with Crippen LogP contribution in [-0.2, 0) is 23.7 Å². The van der Waals surface area contributed by atoms with Gasteiger partial charge in [-0.05, 0) is 38.5 Å². The summed E-state index contributed by atoms with van der Waals surface area (Å²) in [4.78, 5) is 25.9. The van der Waals surface area contributed by atoms with E-state index in [2.05, 4.69) is 5.32 Å². The summed E-state index contributed by atoms with van der Waals surface area (Å²) >= 11 is 0. The smallest absolute Gasteiger partial charge is 0.336 e. The average molecular weight is 387 g/mol. The molecule has 150 valence electrons. The van der Waals surface area contributed by atoms with Crippen LogP contribution in [0.4, 0.5) is 0 Å². The Morgan fingerprint density at radius 3 is 2.43 bits per heavy atom. The SMILES string of the molecule is COC(=O)[C@]1(NC(=O)c2ccccc2)C=C[C@@]2(CO2)C[C@H]1[C@@H]1COC(C)(C)O1. The van der Waals surface area contributed by atoms with Crippen molar-refractivity contribution in [3.63, 3.8) is 0 Å². The molecule has 1 N–H and O–H groups in total. The van der Waals surface area contributed by atoms with E-state index in [1.54, 1.807) is 30.3 Å². The Bertz CT molecular complexity index is 800. The largest absolute Gasteiger partial charge is 0.467 e. The highest BCUT2D eigenvalue weighted by Crippen LogP contribution is 2.47. The Kier molecular flexibility index (Phi) is 4.56. The van der Waals surface area contributed by atoms with E-state index in [4.69, 9.17) is 18.9 Å². The van der Waals surface area contributed by atoms with Gasteiger partial charge in [0.15, 0.2) is 11.3 Å². The van der Waals surface area contributed by atoms with Crippen LogP contribution >= 0.6 is 0 Å². The number of carbonyl (C=O) groups excluding carboxylic acids is 2. The van der Waals surface area contributed by atoms with Gasteiger partial charge in [-0.3, -0.25) is 4.79 Å². The zero-order chi connectivity index (χ0) is 20.0. The molecule has 0 radical (unpaired) electrons. The average Bonchev–Trinajstić information content (AvgIpc) is 3.35. The highest BCUT2D eigenvalue weighted by molar-refractivity contribution is 5.99. The summed E-state index contributed by atoms with van der Waals surface area (Å²) in [5.41, 5.74) is -1.31. The van der Waals surface area contributed by atoms with Gasteiger partial charge >= 0.3 is 5.97 Å². The minimum atomic E-state index is -1.37. The quantitative estimate of drug-likeness (QED) is 0.482. The van der Waals surface area contributed by atoms with Crippen molar-refractivity contribution in [2.24, 2.45) is 5.92 Å². The number of rotatable bonds is 4. The minimum absolute atomic E-state index is 0.321. The van der Waals surface area contributed by atoms with Crippen LogP contribution in [0.15, 0.2) is 42.5 Å². The van der Waals surface area contributed by atoms with E-state index in [0.29, 0.717) is 25.2 Å². The van der Waals surface area contributed by atoms with Crippen LogP contribution in [0.25, 0.3) is 0 Å². The molecule has 0 saturated carbocycles. The third kappa shape index (κ3) is 3.34. The van der Waals surface area contributed by atoms with Gasteiger partial charge in [0.05, 0.1) is 26.4 Å². The molecule has 28 heavy (non-hydrogen) atoms. The van der Waals surface area contributed by atoms with Crippen molar-refractivity contribution in [3.8, 4) is 0 Å². The lowest BCUT2D eigenvalue weighted by Gasteiger charge is -2.42. The Hall–Kier alpha value is -2.22. The zero-order valence-electron chi connectivity index (χ0n) is 16.3.